The van der Waals surface area contributed by atoms with E-state index in [0.717, 1.165) is 96.6 Å². The fourth-order valence-electron chi connectivity index (χ4n) is 13.1. The number of nitrogens with one attached hydrogen (secondary N) is 5. The van der Waals surface area contributed by atoms with E-state index >= 15 is 0 Å². The van der Waals surface area contributed by atoms with Crippen LogP contribution in [0.1, 0.15) is 194 Å². The minimum Gasteiger partial charge on any atom is -0.396 e. The molecular formula is C67H124N7O23P. The molecule has 98 heavy (non-hydrogen) atoms. The Balaban J connectivity index is 1.48. The quantitative estimate of drug-likeness (QED) is 0.0288. The Bertz CT molecular complexity index is 2330. The number of nitrogens with zero attached hydrogens (tertiary/aromatic N) is 2. The van der Waals surface area contributed by atoms with Crippen molar-refractivity contribution in [1.29, 1.82) is 0 Å². The van der Waals surface area contributed by atoms with Crippen molar-refractivity contribution in [2.45, 2.75) is 273 Å². The first-order valence-corrected chi connectivity index (χ1v) is 38.1. The molecular weight excluding hydrogens is 1300 g/mol. The summed E-state index contributed by atoms with van der Waals surface area (Å²) in [7, 11) is -4.04. The summed E-state index contributed by atoms with van der Waals surface area (Å²) in [6.45, 7) is 5.56. The third-order valence-corrected chi connectivity index (χ3v) is 19.4. The van der Waals surface area contributed by atoms with Crippen LogP contribution < -0.4 is 26.6 Å². The van der Waals surface area contributed by atoms with Crippen LogP contribution in [-0.4, -0.2) is 278 Å². The molecule has 3 aliphatic rings. The van der Waals surface area contributed by atoms with E-state index in [0.29, 0.717) is 90.7 Å². The predicted molar refractivity (Wildman–Crippen MR) is 361 cm³/mol. The Hall–Kier alpha value is -4.08. The molecule has 0 aliphatic heterocycles. The molecule has 17 atom stereocenters. The SMILES string of the molecule is CC(=O)N[C@H]1C(O)[C@@H](O)C(CO)C[C@H]1OCCCCCCCCC(=O)NCCCN(CCCN(CCCNC(=O)CCCCCCCCO[C@@H]1CC(CO)[C@H](O)C(O)[C@@H]1NC(C)=O)C(=O)C(O)COP(C)(=O)O)C(=O)CCCCCCCCO[C@@H]1CC(CO)[C@H](O)C(O)[C@@H]1NC(C)=O. The zero-order valence-electron chi connectivity index (χ0n) is 58.7. The maximum absolute atomic E-state index is 13.9. The van der Waals surface area contributed by atoms with Crippen LogP contribution in [0, 0.1) is 17.8 Å². The molecule has 3 rings (SSSR count). The van der Waals surface area contributed by atoms with Crippen molar-refractivity contribution in [3.63, 3.8) is 0 Å². The van der Waals surface area contributed by atoms with Gasteiger partial charge in [-0.2, -0.15) is 0 Å². The van der Waals surface area contributed by atoms with E-state index in [1.807, 2.05) is 0 Å². The lowest BCUT2D eigenvalue weighted by atomic mass is 9.79. The van der Waals surface area contributed by atoms with Gasteiger partial charge in [-0.25, -0.2) is 0 Å². The molecule has 0 aromatic rings. The van der Waals surface area contributed by atoms with Crippen LogP contribution in [-0.2, 0) is 56.9 Å². The zero-order chi connectivity index (χ0) is 72.6. The van der Waals surface area contributed by atoms with Gasteiger partial charge in [0.25, 0.3) is 5.91 Å². The Kier molecular flexibility index (Phi) is 44.5. The maximum atomic E-state index is 13.9. The van der Waals surface area contributed by atoms with Gasteiger partial charge in [0.2, 0.25) is 35.4 Å². The lowest BCUT2D eigenvalue weighted by Gasteiger charge is -2.42. The van der Waals surface area contributed by atoms with Crippen molar-refractivity contribution >= 4 is 48.9 Å². The van der Waals surface area contributed by atoms with Crippen molar-refractivity contribution in [2.24, 2.45) is 17.8 Å². The van der Waals surface area contributed by atoms with Gasteiger partial charge in [0, 0.05) is 143 Å². The number of amides is 7. The third kappa shape index (κ3) is 34.7. The molecule has 0 aromatic carbocycles. The maximum Gasteiger partial charge on any atom is 0.325 e. The first-order chi connectivity index (χ1) is 46.7. The van der Waals surface area contributed by atoms with Crippen molar-refractivity contribution in [3.05, 3.63) is 0 Å². The van der Waals surface area contributed by atoms with Gasteiger partial charge < -0.3 is 111 Å². The second-order valence-corrected chi connectivity index (χ2v) is 28.9. The summed E-state index contributed by atoms with van der Waals surface area (Å²) >= 11 is 0. The average molecular weight is 1430 g/mol. The van der Waals surface area contributed by atoms with E-state index in [4.69, 9.17) is 18.7 Å². The van der Waals surface area contributed by atoms with Crippen LogP contribution >= 0.6 is 7.60 Å². The smallest absolute Gasteiger partial charge is 0.325 e. The molecule has 0 spiro atoms. The summed E-state index contributed by atoms with van der Waals surface area (Å²) in [5.41, 5.74) is 0. The molecule has 7 amide bonds. The monoisotopic (exact) mass is 1430 g/mol. The lowest BCUT2D eigenvalue weighted by Crippen LogP contribution is -2.61. The van der Waals surface area contributed by atoms with Gasteiger partial charge >= 0.3 is 7.60 Å². The third-order valence-electron chi connectivity index (χ3n) is 18.7. The molecule has 3 saturated carbocycles. The molecule has 16 N–H and O–H groups in total. The lowest BCUT2D eigenvalue weighted by molar-refractivity contribution is -0.142. The number of hydrogen-bond donors (Lipinski definition) is 16. The van der Waals surface area contributed by atoms with Gasteiger partial charge in [-0.1, -0.05) is 77.0 Å². The van der Waals surface area contributed by atoms with Crippen molar-refractivity contribution < 1.29 is 113 Å². The van der Waals surface area contributed by atoms with E-state index in [2.05, 4.69) is 26.6 Å². The van der Waals surface area contributed by atoms with Gasteiger partial charge in [-0.15, -0.1) is 0 Å². The molecule has 0 heterocycles. The predicted octanol–water partition coefficient (Wildman–Crippen LogP) is 0.303. The van der Waals surface area contributed by atoms with E-state index in [9.17, 15) is 94.1 Å². The molecule has 0 bridgehead atoms. The number of unbranched alkanes of at least 4 members (excludes halogenated alkanes) is 15. The van der Waals surface area contributed by atoms with Crippen molar-refractivity contribution in [1.82, 2.24) is 36.4 Å². The van der Waals surface area contributed by atoms with Crippen LogP contribution in [0.15, 0.2) is 0 Å². The largest absolute Gasteiger partial charge is 0.396 e. The minimum atomic E-state index is -4.04. The standard InChI is InChI=1S/C67H124N7O23P/c1-45(78)70-58-52(38-48(41-75)61(85)64(58)88)94-35-20-14-8-5-11-17-26-55(82)68-29-23-31-73(57(84)28-19-13-7-10-16-22-37-96-54-40-50(43-77)63(87)66(90)60(54)72-47(3)80)33-25-34-74(67(91)51(81)44-97-98(4,92)93)32-24-30-69-56(83)27-18-12-6-9-15-21-36-95-53-39-49(42-76)62(86)65(89)59(53)71-46(2)79/h48-54,58-66,75-77,81,85-90H,5-44H2,1-4H3,(H,68,82)(H,69,83)(H,70,78)(H,71,79)(H,72,80)(H,92,93)/t48?,49?,50?,51?,52-,53-,54-,58-,59-,60-,61+,62+,63+,64?,65?,66?/m1/s1. The normalized spacial score (nSPS) is 26.5. The summed E-state index contributed by atoms with van der Waals surface area (Å²) in [4.78, 5) is 101. The summed E-state index contributed by atoms with van der Waals surface area (Å²) in [5, 5.41) is 117. The van der Waals surface area contributed by atoms with Crippen LogP contribution in [0.25, 0.3) is 0 Å². The molecule has 3 aliphatic carbocycles. The number of carbonyl (C=O) groups excluding carboxylic acids is 7. The van der Waals surface area contributed by atoms with E-state index in [1.54, 1.807) is 4.90 Å². The van der Waals surface area contributed by atoms with Crippen molar-refractivity contribution in [3.8, 4) is 0 Å². The second kappa shape index (κ2) is 49.5. The highest BCUT2D eigenvalue weighted by molar-refractivity contribution is 7.51. The van der Waals surface area contributed by atoms with Crippen LogP contribution in [0.5, 0.6) is 0 Å². The number of aliphatic hydroxyl groups is 10. The number of ether oxygens (including phenoxy) is 3. The fourth-order valence-corrected chi connectivity index (χ4v) is 13.6. The Morgan fingerprint density at radius 3 is 1.08 bits per heavy atom. The number of rotatable bonds is 52. The summed E-state index contributed by atoms with van der Waals surface area (Å²) in [6.07, 6.45) is 6.16. The zero-order valence-corrected chi connectivity index (χ0v) is 59.6. The summed E-state index contributed by atoms with van der Waals surface area (Å²) in [6, 6.07) is -2.40. The Morgan fingerprint density at radius 2 is 0.745 bits per heavy atom. The van der Waals surface area contributed by atoms with E-state index in [1.165, 1.54) is 25.7 Å². The number of carbonyl (C=O) groups is 7. The average Bonchev–Trinajstić information content (AvgIpc) is 0.824. The molecule has 3 fully saturated rings. The Morgan fingerprint density at radius 1 is 0.439 bits per heavy atom. The van der Waals surface area contributed by atoms with Gasteiger partial charge in [0.05, 0.1) is 61.4 Å². The van der Waals surface area contributed by atoms with Crippen LogP contribution in [0.3, 0.4) is 0 Å². The second-order valence-electron chi connectivity index (χ2n) is 27.1. The highest BCUT2D eigenvalue weighted by Crippen LogP contribution is 2.37. The highest BCUT2D eigenvalue weighted by Gasteiger charge is 2.47. The first-order valence-electron chi connectivity index (χ1n) is 36.0. The number of hydrogen-bond acceptors (Lipinski definition) is 22. The molecule has 8 unspecified atom stereocenters. The van der Waals surface area contributed by atoms with Crippen LogP contribution in [0.4, 0.5) is 0 Å². The van der Waals surface area contributed by atoms with Crippen molar-refractivity contribution in [2.75, 3.05) is 92.2 Å². The summed E-state index contributed by atoms with van der Waals surface area (Å²) < 4.78 is 34.8. The highest BCUT2D eigenvalue weighted by atomic mass is 31.2. The van der Waals surface area contributed by atoms with Gasteiger partial charge in [0.15, 0.2) is 6.10 Å². The summed E-state index contributed by atoms with van der Waals surface area (Å²) in [5.74, 6) is -3.98. The molecule has 0 aromatic heterocycles. The molecule has 31 heteroatoms. The number of aliphatic hydroxyl groups excluding tert-OH is 10. The van der Waals surface area contributed by atoms with Gasteiger partial charge in [0.1, 0.15) is 18.3 Å². The van der Waals surface area contributed by atoms with E-state index < -0.39 is 117 Å². The molecule has 30 nitrogen and oxygen atoms in total. The van der Waals surface area contributed by atoms with Gasteiger partial charge in [-0.05, 0) is 77.0 Å². The molecule has 570 valence electrons. The molecule has 0 saturated heterocycles. The van der Waals surface area contributed by atoms with Gasteiger partial charge in [-0.3, -0.25) is 38.1 Å². The Labute approximate surface area is 579 Å². The molecule has 0 radical (unpaired) electrons. The first kappa shape index (κ1) is 88.1. The minimum absolute atomic E-state index is 0.0924. The topological polar surface area (TPSA) is 463 Å². The van der Waals surface area contributed by atoms with E-state index in [-0.39, 0.29) is 107 Å². The fraction of sp³-hybridized carbons (Fsp3) is 0.896. The van der Waals surface area contributed by atoms with Crippen LogP contribution in [0.2, 0.25) is 0 Å².